The minimum Gasteiger partial charge on any atom is -0.439 e. The molecule has 0 saturated heterocycles. The summed E-state index contributed by atoms with van der Waals surface area (Å²) in [5, 5.41) is 2.95. The van der Waals surface area contributed by atoms with E-state index in [1.165, 1.54) is 11.9 Å². The highest BCUT2D eigenvalue weighted by Crippen LogP contribution is 2.25. The standard InChI is InChI=1S/C17H15N3O/c1-18-16-11-17(20-12-19-16)21-15-9-7-14(8-10-15)13-5-3-2-4-6-13/h2-12H,1H3,(H,18,19,20). The molecule has 4 heteroatoms. The predicted molar refractivity (Wildman–Crippen MR) is 83.5 cm³/mol. The number of anilines is 1. The highest BCUT2D eigenvalue weighted by atomic mass is 16.5. The third-order valence-corrected chi connectivity index (χ3v) is 3.08. The Morgan fingerprint density at radius 1 is 0.857 bits per heavy atom. The van der Waals surface area contributed by atoms with Crippen LogP contribution in [0.4, 0.5) is 5.82 Å². The van der Waals surface area contributed by atoms with Gasteiger partial charge in [0, 0.05) is 13.1 Å². The lowest BCUT2D eigenvalue weighted by Gasteiger charge is -2.07. The summed E-state index contributed by atoms with van der Waals surface area (Å²) in [5.74, 6) is 1.98. The average molecular weight is 277 g/mol. The van der Waals surface area contributed by atoms with Crippen LogP contribution in [0.3, 0.4) is 0 Å². The zero-order chi connectivity index (χ0) is 14.5. The number of ether oxygens (including phenoxy) is 1. The van der Waals surface area contributed by atoms with Crippen LogP contribution in [-0.4, -0.2) is 17.0 Å². The summed E-state index contributed by atoms with van der Waals surface area (Å²) in [7, 11) is 1.81. The molecule has 104 valence electrons. The van der Waals surface area contributed by atoms with Gasteiger partial charge in [-0.05, 0) is 23.3 Å². The van der Waals surface area contributed by atoms with E-state index in [4.69, 9.17) is 4.74 Å². The number of rotatable bonds is 4. The first-order valence-corrected chi connectivity index (χ1v) is 6.68. The van der Waals surface area contributed by atoms with Gasteiger partial charge in [-0.3, -0.25) is 0 Å². The number of benzene rings is 2. The van der Waals surface area contributed by atoms with E-state index in [0.717, 1.165) is 17.1 Å². The number of nitrogens with zero attached hydrogens (tertiary/aromatic N) is 2. The van der Waals surface area contributed by atoms with Crippen molar-refractivity contribution in [3.63, 3.8) is 0 Å². The molecule has 0 spiro atoms. The van der Waals surface area contributed by atoms with E-state index in [1.807, 2.05) is 42.5 Å². The first-order chi connectivity index (χ1) is 10.3. The van der Waals surface area contributed by atoms with Crippen LogP contribution in [0.15, 0.2) is 67.0 Å². The first kappa shape index (κ1) is 13.1. The molecule has 3 rings (SSSR count). The van der Waals surface area contributed by atoms with E-state index in [0.29, 0.717) is 5.88 Å². The smallest absolute Gasteiger partial charge is 0.224 e. The van der Waals surface area contributed by atoms with Gasteiger partial charge >= 0.3 is 0 Å². The third-order valence-electron chi connectivity index (χ3n) is 3.08. The second-order valence-corrected chi connectivity index (χ2v) is 4.48. The van der Waals surface area contributed by atoms with Crippen molar-refractivity contribution >= 4 is 5.82 Å². The third kappa shape index (κ3) is 3.17. The zero-order valence-electron chi connectivity index (χ0n) is 11.7. The van der Waals surface area contributed by atoms with E-state index in [-0.39, 0.29) is 0 Å². The molecular formula is C17H15N3O. The molecule has 1 aromatic heterocycles. The molecule has 0 fully saturated rings. The molecule has 1 heterocycles. The van der Waals surface area contributed by atoms with E-state index in [2.05, 4.69) is 27.4 Å². The molecule has 0 aliphatic carbocycles. The summed E-state index contributed by atoms with van der Waals surface area (Å²) < 4.78 is 5.72. The van der Waals surface area contributed by atoms with Crippen LogP contribution < -0.4 is 10.1 Å². The Kier molecular flexibility index (Phi) is 3.78. The maximum atomic E-state index is 5.72. The lowest BCUT2D eigenvalue weighted by molar-refractivity contribution is 0.462. The molecule has 0 bridgehead atoms. The normalized spacial score (nSPS) is 10.1. The van der Waals surface area contributed by atoms with Crippen molar-refractivity contribution < 1.29 is 4.74 Å². The van der Waals surface area contributed by atoms with Crippen molar-refractivity contribution in [3.8, 4) is 22.8 Å². The molecule has 21 heavy (non-hydrogen) atoms. The fourth-order valence-corrected chi connectivity index (χ4v) is 2.00. The van der Waals surface area contributed by atoms with Gasteiger partial charge in [-0.1, -0.05) is 42.5 Å². The molecule has 0 atom stereocenters. The summed E-state index contributed by atoms with van der Waals surface area (Å²) in [6.07, 6.45) is 1.47. The molecule has 3 aromatic rings. The Bertz CT molecular complexity index is 712. The molecular weight excluding hydrogens is 262 g/mol. The van der Waals surface area contributed by atoms with E-state index in [1.54, 1.807) is 13.1 Å². The van der Waals surface area contributed by atoms with Gasteiger partial charge in [-0.15, -0.1) is 0 Å². The summed E-state index contributed by atoms with van der Waals surface area (Å²) in [4.78, 5) is 8.14. The van der Waals surface area contributed by atoms with Gasteiger partial charge in [0.15, 0.2) is 0 Å². The van der Waals surface area contributed by atoms with Crippen molar-refractivity contribution in [3.05, 3.63) is 67.0 Å². The molecule has 4 nitrogen and oxygen atoms in total. The number of hydrogen-bond donors (Lipinski definition) is 1. The highest BCUT2D eigenvalue weighted by molar-refractivity contribution is 5.64. The lowest BCUT2D eigenvalue weighted by Crippen LogP contribution is -1.94. The van der Waals surface area contributed by atoms with Crippen LogP contribution in [0.1, 0.15) is 0 Å². The Labute approximate surface area is 123 Å². The minimum atomic E-state index is 0.516. The minimum absolute atomic E-state index is 0.516. The van der Waals surface area contributed by atoms with Crippen LogP contribution in [0.2, 0.25) is 0 Å². The van der Waals surface area contributed by atoms with Crippen molar-refractivity contribution in [2.45, 2.75) is 0 Å². The van der Waals surface area contributed by atoms with Crippen LogP contribution in [0, 0.1) is 0 Å². The summed E-state index contributed by atoms with van der Waals surface area (Å²) in [5.41, 5.74) is 2.34. The van der Waals surface area contributed by atoms with E-state index in [9.17, 15) is 0 Å². The summed E-state index contributed by atoms with van der Waals surface area (Å²) in [6, 6.07) is 19.9. The molecule has 1 N–H and O–H groups in total. The fourth-order valence-electron chi connectivity index (χ4n) is 2.00. The molecule has 2 aromatic carbocycles. The fraction of sp³-hybridized carbons (Fsp3) is 0.0588. The first-order valence-electron chi connectivity index (χ1n) is 6.68. The largest absolute Gasteiger partial charge is 0.439 e. The van der Waals surface area contributed by atoms with Crippen LogP contribution >= 0.6 is 0 Å². The van der Waals surface area contributed by atoms with Crippen LogP contribution in [0.5, 0.6) is 11.6 Å². The molecule has 0 unspecified atom stereocenters. The second kappa shape index (κ2) is 6.05. The van der Waals surface area contributed by atoms with Gasteiger partial charge < -0.3 is 10.1 Å². The predicted octanol–water partition coefficient (Wildman–Crippen LogP) is 3.98. The molecule has 0 radical (unpaired) electrons. The van der Waals surface area contributed by atoms with Crippen molar-refractivity contribution in [2.24, 2.45) is 0 Å². The number of nitrogens with one attached hydrogen (secondary N) is 1. The van der Waals surface area contributed by atoms with Gasteiger partial charge in [-0.2, -0.15) is 0 Å². The number of aromatic nitrogens is 2. The summed E-state index contributed by atoms with van der Waals surface area (Å²) in [6.45, 7) is 0. The molecule has 0 aliphatic rings. The maximum Gasteiger partial charge on any atom is 0.224 e. The monoisotopic (exact) mass is 277 g/mol. The van der Waals surface area contributed by atoms with Gasteiger partial charge in [0.1, 0.15) is 17.9 Å². The topological polar surface area (TPSA) is 47.0 Å². The lowest BCUT2D eigenvalue weighted by atomic mass is 10.1. The van der Waals surface area contributed by atoms with Gasteiger partial charge in [-0.25, -0.2) is 9.97 Å². The van der Waals surface area contributed by atoms with Crippen LogP contribution in [-0.2, 0) is 0 Å². The zero-order valence-corrected chi connectivity index (χ0v) is 11.7. The second-order valence-electron chi connectivity index (χ2n) is 4.48. The van der Waals surface area contributed by atoms with Gasteiger partial charge in [0.2, 0.25) is 5.88 Å². The Balaban J connectivity index is 1.78. The molecule has 0 amide bonds. The quantitative estimate of drug-likeness (QED) is 0.783. The van der Waals surface area contributed by atoms with Crippen molar-refractivity contribution in [2.75, 3.05) is 12.4 Å². The Hall–Kier alpha value is -2.88. The van der Waals surface area contributed by atoms with Gasteiger partial charge in [0.25, 0.3) is 0 Å². The van der Waals surface area contributed by atoms with E-state index < -0.39 is 0 Å². The average Bonchev–Trinajstić information content (AvgIpc) is 2.56. The van der Waals surface area contributed by atoms with Crippen molar-refractivity contribution in [1.82, 2.24) is 9.97 Å². The summed E-state index contributed by atoms with van der Waals surface area (Å²) >= 11 is 0. The van der Waals surface area contributed by atoms with Gasteiger partial charge in [0.05, 0.1) is 0 Å². The number of hydrogen-bond acceptors (Lipinski definition) is 4. The Morgan fingerprint density at radius 2 is 1.57 bits per heavy atom. The SMILES string of the molecule is CNc1cc(Oc2ccc(-c3ccccc3)cc2)ncn1. The van der Waals surface area contributed by atoms with E-state index >= 15 is 0 Å². The molecule has 0 saturated carbocycles. The van der Waals surface area contributed by atoms with Crippen LogP contribution in [0.25, 0.3) is 11.1 Å². The Morgan fingerprint density at radius 3 is 2.29 bits per heavy atom. The van der Waals surface area contributed by atoms with Crippen molar-refractivity contribution in [1.29, 1.82) is 0 Å². The maximum absolute atomic E-state index is 5.72. The molecule has 0 aliphatic heterocycles. The highest BCUT2D eigenvalue weighted by Gasteiger charge is 2.02.